The molecule has 0 aliphatic carbocycles. The van der Waals surface area contributed by atoms with E-state index in [-0.39, 0.29) is 6.61 Å². The van der Waals surface area contributed by atoms with Crippen molar-refractivity contribution in [3.8, 4) is 17.4 Å². The van der Waals surface area contributed by atoms with Crippen LogP contribution in [0.1, 0.15) is 17.0 Å². The zero-order valence-electron chi connectivity index (χ0n) is 20.2. The average molecular weight is 504 g/mol. The van der Waals surface area contributed by atoms with E-state index >= 15 is 0 Å². The second-order valence-electron chi connectivity index (χ2n) is 8.10. The monoisotopic (exact) mass is 503 g/mol. The third kappa shape index (κ3) is 5.55. The highest BCUT2D eigenvalue weighted by molar-refractivity contribution is 5.96. The lowest BCUT2D eigenvalue weighted by molar-refractivity contribution is -0.109. The number of amides is 1. The number of methoxy groups -OCH3 is 1. The van der Waals surface area contributed by atoms with Crippen molar-refractivity contribution in [3.05, 3.63) is 65.7 Å². The maximum Gasteiger partial charge on any atom is 0.240 e. The van der Waals surface area contributed by atoms with Gasteiger partial charge in [0.05, 0.1) is 18.9 Å². The van der Waals surface area contributed by atoms with Crippen LogP contribution in [0.4, 0.5) is 0 Å². The number of carbonyl (C=O) groups is 1. The Morgan fingerprint density at radius 3 is 2.78 bits per heavy atom. The molecule has 12 nitrogen and oxygen atoms in total. The Bertz CT molecular complexity index is 1480. The second-order valence-corrected chi connectivity index (χ2v) is 8.10. The molecule has 4 heterocycles. The summed E-state index contributed by atoms with van der Waals surface area (Å²) in [4.78, 5) is 14.7. The van der Waals surface area contributed by atoms with Crippen molar-refractivity contribution in [1.29, 1.82) is 0 Å². The van der Waals surface area contributed by atoms with Gasteiger partial charge in [0.15, 0.2) is 17.1 Å². The first kappa shape index (κ1) is 24.3. The van der Waals surface area contributed by atoms with Crippen molar-refractivity contribution in [2.24, 2.45) is 0 Å². The van der Waals surface area contributed by atoms with E-state index in [1.807, 2.05) is 36.4 Å². The minimum absolute atomic E-state index is 0.232. The van der Waals surface area contributed by atoms with Gasteiger partial charge >= 0.3 is 0 Å². The van der Waals surface area contributed by atoms with Gasteiger partial charge in [-0.2, -0.15) is 4.52 Å². The second kappa shape index (κ2) is 11.5. The number of rotatable bonds is 13. The summed E-state index contributed by atoms with van der Waals surface area (Å²) in [5.74, 6) is 1.43. The summed E-state index contributed by atoms with van der Waals surface area (Å²) in [5.41, 5.74) is 2.89. The van der Waals surface area contributed by atoms with Gasteiger partial charge in [-0.3, -0.25) is 9.78 Å². The molecule has 0 saturated carbocycles. The first-order valence-corrected chi connectivity index (χ1v) is 11.7. The Hall–Kier alpha value is -4.42. The zero-order chi connectivity index (χ0) is 25.5. The van der Waals surface area contributed by atoms with E-state index in [9.17, 15) is 4.79 Å². The third-order valence-corrected chi connectivity index (χ3v) is 5.56. The van der Waals surface area contributed by atoms with Gasteiger partial charge < -0.3 is 24.1 Å². The molecule has 190 valence electrons. The molecule has 0 bridgehead atoms. The molecular formula is C25H25N7O5. The first-order chi connectivity index (χ1) is 18.3. The predicted molar refractivity (Wildman–Crippen MR) is 132 cm³/mol. The van der Waals surface area contributed by atoms with Crippen molar-refractivity contribution < 1.29 is 23.5 Å². The number of nitrogens with zero attached hydrogens (tertiary/aromatic N) is 6. The molecule has 12 heteroatoms. The maximum atomic E-state index is 10.2. The van der Waals surface area contributed by atoms with Gasteiger partial charge in [0.2, 0.25) is 18.1 Å². The fourth-order valence-corrected chi connectivity index (χ4v) is 3.76. The summed E-state index contributed by atoms with van der Waals surface area (Å²) in [6, 6.07) is 13.4. The van der Waals surface area contributed by atoms with Crippen LogP contribution in [0.15, 0.2) is 53.2 Å². The summed E-state index contributed by atoms with van der Waals surface area (Å²) in [5, 5.41) is 21.6. The molecule has 0 saturated heterocycles. The van der Waals surface area contributed by atoms with E-state index in [1.165, 1.54) is 0 Å². The van der Waals surface area contributed by atoms with Gasteiger partial charge in [0.1, 0.15) is 13.2 Å². The molecular weight excluding hydrogens is 478 g/mol. The molecule has 0 aliphatic rings. The van der Waals surface area contributed by atoms with Crippen LogP contribution in [0.2, 0.25) is 0 Å². The number of carbonyl (C=O) groups excluding carboxylic acids is 1. The molecule has 4 aromatic heterocycles. The number of aromatic nitrogens is 6. The molecule has 0 unspecified atom stereocenters. The molecule has 5 aromatic rings. The van der Waals surface area contributed by atoms with Gasteiger partial charge in [-0.1, -0.05) is 29.4 Å². The number of hydrogen-bond donors (Lipinski definition) is 1. The zero-order valence-corrected chi connectivity index (χ0v) is 20.2. The van der Waals surface area contributed by atoms with Crippen LogP contribution in [0, 0.1) is 0 Å². The molecule has 5 rings (SSSR count). The highest BCUT2D eigenvalue weighted by Crippen LogP contribution is 2.29. The van der Waals surface area contributed by atoms with Gasteiger partial charge in [-0.05, 0) is 24.1 Å². The van der Waals surface area contributed by atoms with E-state index in [4.69, 9.17) is 18.7 Å². The molecule has 0 radical (unpaired) electrons. The number of benzene rings is 1. The van der Waals surface area contributed by atoms with Crippen LogP contribution in [0.25, 0.3) is 27.9 Å². The number of ether oxygens (including phenoxy) is 3. The van der Waals surface area contributed by atoms with Gasteiger partial charge in [0.25, 0.3) is 0 Å². The van der Waals surface area contributed by atoms with Crippen LogP contribution >= 0.6 is 0 Å². The fourth-order valence-electron chi connectivity index (χ4n) is 3.76. The minimum Gasteiger partial charge on any atom is -0.470 e. The SMILES string of the molecule is COCc1cc(-c2nnc3c4ccccc4c(OCc4ccc(CCOCCNC=O)cn4)nn23)no1. The molecule has 0 aliphatic heterocycles. The lowest BCUT2D eigenvalue weighted by Gasteiger charge is -2.10. The summed E-state index contributed by atoms with van der Waals surface area (Å²) < 4.78 is 23.6. The quantitative estimate of drug-likeness (QED) is 0.188. The van der Waals surface area contributed by atoms with Crippen molar-refractivity contribution in [2.45, 2.75) is 19.6 Å². The number of nitrogens with one attached hydrogen (secondary N) is 1. The molecule has 0 fully saturated rings. The van der Waals surface area contributed by atoms with E-state index in [0.717, 1.165) is 28.5 Å². The number of hydrogen-bond acceptors (Lipinski definition) is 10. The minimum atomic E-state index is 0.232. The lowest BCUT2D eigenvalue weighted by Crippen LogP contribution is -2.18. The fraction of sp³-hybridized carbons (Fsp3) is 0.280. The standard InChI is InChI=1S/C25H25N7O5/c1-34-15-19-12-22(31-37-19)24-29-28-23-20-4-2-3-5-21(20)25(30-32(23)24)36-14-18-7-6-17(13-27-18)8-10-35-11-9-26-16-33/h2-7,12-13,16H,8-11,14-15H2,1H3,(H,26,33). The van der Waals surface area contributed by atoms with Crippen molar-refractivity contribution in [3.63, 3.8) is 0 Å². The number of fused-ring (bicyclic) bond motifs is 3. The Morgan fingerprint density at radius 1 is 1.08 bits per heavy atom. The molecule has 37 heavy (non-hydrogen) atoms. The van der Waals surface area contributed by atoms with E-state index in [0.29, 0.717) is 61.6 Å². The Kier molecular flexibility index (Phi) is 7.58. The first-order valence-electron chi connectivity index (χ1n) is 11.7. The summed E-state index contributed by atoms with van der Waals surface area (Å²) in [6.07, 6.45) is 3.19. The molecule has 1 N–H and O–H groups in total. The van der Waals surface area contributed by atoms with Crippen molar-refractivity contribution in [2.75, 3.05) is 26.9 Å². The molecule has 0 atom stereocenters. The predicted octanol–water partition coefficient (Wildman–Crippen LogP) is 2.36. The molecule has 0 spiro atoms. The van der Waals surface area contributed by atoms with Crippen LogP contribution in [0.3, 0.4) is 0 Å². The van der Waals surface area contributed by atoms with Crippen LogP contribution in [-0.4, -0.2) is 63.2 Å². The Morgan fingerprint density at radius 2 is 1.97 bits per heavy atom. The smallest absolute Gasteiger partial charge is 0.240 e. The summed E-state index contributed by atoms with van der Waals surface area (Å²) in [6.45, 7) is 2.05. The number of pyridine rings is 1. The molecule has 1 amide bonds. The maximum absolute atomic E-state index is 10.2. The largest absolute Gasteiger partial charge is 0.470 e. The Balaban J connectivity index is 1.32. The normalized spacial score (nSPS) is 11.3. The van der Waals surface area contributed by atoms with Gasteiger partial charge in [-0.25, -0.2) is 0 Å². The molecule has 1 aromatic carbocycles. The Labute approximate surface area is 211 Å². The van der Waals surface area contributed by atoms with E-state index in [1.54, 1.807) is 23.9 Å². The summed E-state index contributed by atoms with van der Waals surface area (Å²) in [7, 11) is 1.58. The van der Waals surface area contributed by atoms with Gasteiger partial charge in [-0.15, -0.1) is 15.3 Å². The highest BCUT2D eigenvalue weighted by Gasteiger charge is 2.19. The average Bonchev–Trinajstić information content (AvgIpc) is 3.57. The van der Waals surface area contributed by atoms with Crippen LogP contribution < -0.4 is 10.1 Å². The van der Waals surface area contributed by atoms with E-state index < -0.39 is 0 Å². The lowest BCUT2D eigenvalue weighted by atomic mass is 10.2. The van der Waals surface area contributed by atoms with Crippen LogP contribution in [0.5, 0.6) is 5.88 Å². The van der Waals surface area contributed by atoms with Gasteiger partial charge in [0, 0.05) is 36.7 Å². The van der Waals surface area contributed by atoms with Crippen molar-refractivity contribution >= 4 is 22.8 Å². The van der Waals surface area contributed by atoms with E-state index in [2.05, 4.69) is 30.8 Å². The van der Waals surface area contributed by atoms with Crippen LogP contribution in [-0.2, 0) is 33.9 Å². The topological polar surface area (TPSA) is 139 Å². The third-order valence-electron chi connectivity index (χ3n) is 5.56. The highest BCUT2D eigenvalue weighted by atomic mass is 16.5. The van der Waals surface area contributed by atoms with Crippen molar-refractivity contribution in [1.82, 2.24) is 35.3 Å². The summed E-state index contributed by atoms with van der Waals surface area (Å²) >= 11 is 0.